The summed E-state index contributed by atoms with van der Waals surface area (Å²) in [6.45, 7) is 0.952. The van der Waals surface area contributed by atoms with Crippen LogP contribution in [0.2, 0.25) is 0 Å². The summed E-state index contributed by atoms with van der Waals surface area (Å²) in [6.07, 6.45) is 6.47. The highest BCUT2D eigenvalue weighted by Crippen LogP contribution is 2.34. The van der Waals surface area contributed by atoms with Gasteiger partial charge in [0.1, 0.15) is 11.5 Å². The molecule has 5 heterocycles. The topological polar surface area (TPSA) is 107 Å². The van der Waals surface area contributed by atoms with Gasteiger partial charge in [0.15, 0.2) is 0 Å². The Hall–Kier alpha value is -5.00. The summed E-state index contributed by atoms with van der Waals surface area (Å²) in [5.74, 6) is -0.406. The van der Waals surface area contributed by atoms with Gasteiger partial charge in [-0.1, -0.05) is 6.08 Å². The number of carbonyl (C=O) groups is 1. The molecule has 0 saturated carbocycles. The fraction of sp³-hybridized carbons (Fsp3) is 0.115. The standard InChI is InChI=1S/C26H20F3N7O2/c27-26(28,29)22-12-21(18-2-1-9-31-13-18)34-36(22)20-4-5-23(32-14-20)33-25(38)19-3-6-24(37)35(16-19)15-17-7-10-30-11-8-17/h1-10,12-14,16,30H,11,15H2,(H,32,33,38). The van der Waals surface area contributed by atoms with Gasteiger partial charge in [-0.3, -0.25) is 14.6 Å². The van der Waals surface area contributed by atoms with Gasteiger partial charge in [-0.15, -0.1) is 0 Å². The van der Waals surface area contributed by atoms with Gasteiger partial charge in [-0.05, 0) is 54.2 Å². The van der Waals surface area contributed by atoms with Crippen molar-refractivity contribution in [3.8, 4) is 16.9 Å². The lowest BCUT2D eigenvalue weighted by Gasteiger charge is -2.12. The lowest BCUT2D eigenvalue weighted by atomic mass is 10.2. The van der Waals surface area contributed by atoms with Crippen LogP contribution in [0.1, 0.15) is 16.1 Å². The summed E-state index contributed by atoms with van der Waals surface area (Å²) in [5.41, 5.74) is 0.502. The van der Waals surface area contributed by atoms with Crippen molar-refractivity contribution in [3.05, 3.63) is 113 Å². The first-order valence-electron chi connectivity index (χ1n) is 11.4. The van der Waals surface area contributed by atoms with E-state index in [1.54, 1.807) is 18.3 Å². The number of halogens is 3. The zero-order valence-corrected chi connectivity index (χ0v) is 19.7. The SMILES string of the molecule is O=C(Nc1ccc(-n2nc(-c3cccnc3)cc2C(F)(F)F)cn1)c1ccc(=O)n(CC2=CCNC=C2)c1. The molecule has 0 radical (unpaired) electrons. The van der Waals surface area contributed by atoms with E-state index in [1.807, 2.05) is 12.2 Å². The number of allylic oxidation sites excluding steroid dienone is 2. The third kappa shape index (κ3) is 5.38. The average molecular weight is 519 g/mol. The van der Waals surface area contributed by atoms with Crippen LogP contribution in [0.3, 0.4) is 0 Å². The van der Waals surface area contributed by atoms with Gasteiger partial charge in [0.2, 0.25) is 0 Å². The van der Waals surface area contributed by atoms with Crippen molar-refractivity contribution in [3.63, 3.8) is 0 Å². The number of pyridine rings is 3. The Morgan fingerprint density at radius 3 is 2.68 bits per heavy atom. The summed E-state index contributed by atoms with van der Waals surface area (Å²) in [5, 5.41) is 9.73. The molecule has 0 spiro atoms. The summed E-state index contributed by atoms with van der Waals surface area (Å²) >= 11 is 0. The first kappa shape index (κ1) is 24.7. The van der Waals surface area contributed by atoms with Crippen molar-refractivity contribution in [1.82, 2.24) is 29.6 Å². The number of rotatable bonds is 6. The van der Waals surface area contributed by atoms with Gasteiger partial charge in [-0.25, -0.2) is 9.67 Å². The normalized spacial score (nSPS) is 13.1. The van der Waals surface area contributed by atoms with Crippen LogP contribution in [-0.4, -0.2) is 36.8 Å². The van der Waals surface area contributed by atoms with Crippen molar-refractivity contribution < 1.29 is 18.0 Å². The van der Waals surface area contributed by atoms with E-state index in [0.717, 1.165) is 16.3 Å². The van der Waals surface area contributed by atoms with E-state index >= 15 is 0 Å². The number of aromatic nitrogens is 5. The summed E-state index contributed by atoms with van der Waals surface area (Å²) in [6, 6.07) is 9.60. The third-order valence-electron chi connectivity index (χ3n) is 5.69. The maximum Gasteiger partial charge on any atom is 0.433 e. The minimum Gasteiger partial charge on any atom is -0.387 e. The molecule has 0 fully saturated rings. The first-order valence-corrected chi connectivity index (χ1v) is 11.4. The monoisotopic (exact) mass is 519 g/mol. The largest absolute Gasteiger partial charge is 0.433 e. The Morgan fingerprint density at radius 1 is 1.13 bits per heavy atom. The van der Waals surface area contributed by atoms with E-state index in [4.69, 9.17) is 0 Å². The number of carbonyl (C=O) groups excluding carboxylic acids is 1. The highest BCUT2D eigenvalue weighted by molar-refractivity contribution is 6.03. The molecular weight excluding hydrogens is 499 g/mol. The molecule has 1 aliphatic rings. The number of hydrogen-bond acceptors (Lipinski definition) is 6. The van der Waals surface area contributed by atoms with Gasteiger partial charge in [0.05, 0.1) is 29.7 Å². The van der Waals surface area contributed by atoms with Crippen LogP contribution < -0.4 is 16.2 Å². The molecular formula is C26H20F3N7O2. The van der Waals surface area contributed by atoms with Crippen LogP contribution in [0.25, 0.3) is 16.9 Å². The maximum absolute atomic E-state index is 13.7. The number of amides is 1. The lowest BCUT2D eigenvalue weighted by Crippen LogP contribution is -2.23. The van der Waals surface area contributed by atoms with Crippen LogP contribution in [0.5, 0.6) is 0 Å². The molecule has 4 aromatic rings. The van der Waals surface area contributed by atoms with Crippen LogP contribution in [-0.2, 0) is 12.7 Å². The quantitative estimate of drug-likeness (QED) is 0.401. The molecule has 0 saturated heterocycles. The molecule has 12 heteroatoms. The second-order valence-electron chi connectivity index (χ2n) is 8.33. The zero-order valence-electron chi connectivity index (χ0n) is 19.7. The molecule has 1 amide bonds. The molecule has 4 aromatic heterocycles. The zero-order chi connectivity index (χ0) is 26.7. The summed E-state index contributed by atoms with van der Waals surface area (Å²) < 4.78 is 43.3. The van der Waals surface area contributed by atoms with Crippen LogP contribution in [0.15, 0.2) is 96.0 Å². The molecule has 192 valence electrons. The van der Waals surface area contributed by atoms with E-state index in [0.29, 0.717) is 18.7 Å². The van der Waals surface area contributed by atoms with Crippen molar-refractivity contribution in [2.75, 3.05) is 11.9 Å². The molecule has 9 nitrogen and oxygen atoms in total. The lowest BCUT2D eigenvalue weighted by molar-refractivity contribution is -0.142. The first-order chi connectivity index (χ1) is 18.3. The van der Waals surface area contributed by atoms with Gasteiger partial charge >= 0.3 is 6.18 Å². The van der Waals surface area contributed by atoms with Crippen LogP contribution in [0, 0.1) is 0 Å². The van der Waals surface area contributed by atoms with E-state index in [2.05, 4.69) is 25.7 Å². The maximum atomic E-state index is 13.7. The summed E-state index contributed by atoms with van der Waals surface area (Å²) in [4.78, 5) is 33.1. The molecule has 0 aromatic carbocycles. The second kappa shape index (κ2) is 10.2. The Labute approximate surface area is 214 Å². The Balaban J connectivity index is 1.36. The molecule has 0 unspecified atom stereocenters. The fourth-order valence-electron chi connectivity index (χ4n) is 3.80. The second-order valence-corrected chi connectivity index (χ2v) is 8.33. The molecule has 5 rings (SSSR count). The molecule has 38 heavy (non-hydrogen) atoms. The van der Waals surface area contributed by atoms with Crippen molar-refractivity contribution in [1.29, 1.82) is 0 Å². The molecule has 1 aliphatic heterocycles. The minimum atomic E-state index is -4.66. The van der Waals surface area contributed by atoms with E-state index in [9.17, 15) is 22.8 Å². The van der Waals surface area contributed by atoms with Gasteiger partial charge in [0.25, 0.3) is 11.5 Å². The van der Waals surface area contributed by atoms with Crippen molar-refractivity contribution in [2.45, 2.75) is 12.7 Å². The molecule has 0 aliphatic carbocycles. The predicted octanol–water partition coefficient (Wildman–Crippen LogP) is 3.81. The number of alkyl halides is 3. The number of dihydropyridines is 1. The molecule has 0 atom stereocenters. The van der Waals surface area contributed by atoms with Gasteiger partial charge < -0.3 is 15.2 Å². The molecule has 0 bridgehead atoms. The third-order valence-corrected chi connectivity index (χ3v) is 5.69. The van der Waals surface area contributed by atoms with Crippen LogP contribution >= 0.6 is 0 Å². The van der Waals surface area contributed by atoms with E-state index < -0.39 is 17.8 Å². The fourth-order valence-corrected chi connectivity index (χ4v) is 3.80. The number of nitrogens with one attached hydrogen (secondary N) is 2. The van der Waals surface area contributed by atoms with Crippen molar-refractivity contribution >= 4 is 11.7 Å². The smallest absolute Gasteiger partial charge is 0.387 e. The van der Waals surface area contributed by atoms with Gasteiger partial charge in [0, 0.05) is 36.8 Å². The Morgan fingerprint density at radius 2 is 2.00 bits per heavy atom. The highest BCUT2D eigenvalue weighted by Gasteiger charge is 2.36. The molecule has 2 N–H and O–H groups in total. The van der Waals surface area contributed by atoms with Crippen LogP contribution in [0.4, 0.5) is 19.0 Å². The summed E-state index contributed by atoms with van der Waals surface area (Å²) in [7, 11) is 0. The Kier molecular flexibility index (Phi) is 6.60. The predicted molar refractivity (Wildman–Crippen MR) is 133 cm³/mol. The van der Waals surface area contributed by atoms with E-state index in [-0.39, 0.29) is 28.3 Å². The van der Waals surface area contributed by atoms with Crippen molar-refractivity contribution in [2.24, 2.45) is 0 Å². The average Bonchev–Trinajstić information content (AvgIpc) is 3.38. The number of anilines is 1. The highest BCUT2D eigenvalue weighted by atomic mass is 19.4. The Bertz CT molecular complexity index is 1590. The minimum absolute atomic E-state index is 0.0577. The number of hydrogen-bond donors (Lipinski definition) is 2. The number of nitrogens with zero attached hydrogens (tertiary/aromatic N) is 5. The van der Waals surface area contributed by atoms with E-state index in [1.165, 1.54) is 53.6 Å². The van der Waals surface area contributed by atoms with Gasteiger partial charge in [-0.2, -0.15) is 18.3 Å².